The van der Waals surface area contributed by atoms with Crippen molar-refractivity contribution in [1.82, 2.24) is 20.4 Å². The lowest BCUT2D eigenvalue weighted by molar-refractivity contribution is -0.385. The second kappa shape index (κ2) is 10.6. The average Bonchev–Trinajstić information content (AvgIpc) is 3.42. The molecule has 1 saturated heterocycles. The van der Waals surface area contributed by atoms with Gasteiger partial charge in [0, 0.05) is 38.2 Å². The Hall–Kier alpha value is -3.14. The van der Waals surface area contributed by atoms with Crippen molar-refractivity contribution >= 4 is 11.6 Å². The molecule has 3 rings (SSSR count). The molecule has 2 heterocycles. The van der Waals surface area contributed by atoms with E-state index in [0.717, 1.165) is 36.5 Å². The molecule has 30 heavy (non-hydrogen) atoms. The molecule has 1 atom stereocenters. The number of aliphatic imine (C=N–C) groups is 1. The van der Waals surface area contributed by atoms with E-state index in [1.54, 1.807) is 7.05 Å². The van der Waals surface area contributed by atoms with Gasteiger partial charge in [-0.1, -0.05) is 12.1 Å². The lowest BCUT2D eigenvalue weighted by atomic mass is 10.1. The Morgan fingerprint density at radius 3 is 3.03 bits per heavy atom. The molecule has 10 heteroatoms. The number of hydrogen-bond donors (Lipinski definition) is 2. The van der Waals surface area contributed by atoms with Crippen molar-refractivity contribution in [2.75, 3.05) is 33.4 Å². The SMILES string of the molecule is CN=C(NCCn1cc([N+](=O)[O-])cn1)NCc1ccc(C)cc1OCC1CCOC1. The fourth-order valence-electron chi connectivity index (χ4n) is 3.12. The van der Waals surface area contributed by atoms with Crippen LogP contribution in [0.4, 0.5) is 5.69 Å². The number of benzene rings is 1. The lowest BCUT2D eigenvalue weighted by Crippen LogP contribution is -2.38. The average molecular weight is 416 g/mol. The molecule has 2 aromatic rings. The predicted octanol–water partition coefficient (Wildman–Crippen LogP) is 1.88. The minimum Gasteiger partial charge on any atom is -0.493 e. The van der Waals surface area contributed by atoms with E-state index in [9.17, 15) is 10.1 Å². The van der Waals surface area contributed by atoms with E-state index in [-0.39, 0.29) is 5.69 Å². The van der Waals surface area contributed by atoms with Crippen molar-refractivity contribution in [3.63, 3.8) is 0 Å². The van der Waals surface area contributed by atoms with Gasteiger partial charge in [-0.3, -0.25) is 19.8 Å². The van der Waals surface area contributed by atoms with Gasteiger partial charge in [0.1, 0.15) is 18.1 Å². The summed E-state index contributed by atoms with van der Waals surface area (Å²) in [4.78, 5) is 14.5. The second-order valence-electron chi connectivity index (χ2n) is 7.22. The van der Waals surface area contributed by atoms with Crippen LogP contribution in [0.3, 0.4) is 0 Å². The monoisotopic (exact) mass is 416 g/mol. The standard InChI is InChI=1S/C20H28N6O4/c1-15-3-4-17(19(9-15)30-14-16-5-8-29-13-16)10-23-20(21-2)22-6-7-25-12-18(11-24-25)26(27)28/h3-4,9,11-12,16H,5-8,10,13-14H2,1-2H3,(H2,21,22,23). The number of nitrogens with zero attached hydrogens (tertiary/aromatic N) is 4. The predicted molar refractivity (Wildman–Crippen MR) is 113 cm³/mol. The highest BCUT2D eigenvalue weighted by molar-refractivity contribution is 5.79. The van der Waals surface area contributed by atoms with Crippen LogP contribution < -0.4 is 15.4 Å². The summed E-state index contributed by atoms with van der Waals surface area (Å²) in [5.41, 5.74) is 2.17. The zero-order chi connectivity index (χ0) is 21.3. The minimum atomic E-state index is -0.460. The molecular formula is C20H28N6O4. The molecule has 0 amide bonds. The maximum atomic E-state index is 10.7. The first-order valence-electron chi connectivity index (χ1n) is 9.96. The van der Waals surface area contributed by atoms with Crippen LogP contribution in [-0.4, -0.2) is 54.1 Å². The summed E-state index contributed by atoms with van der Waals surface area (Å²) in [5, 5.41) is 21.2. The Kier molecular flexibility index (Phi) is 7.61. The number of hydrogen-bond acceptors (Lipinski definition) is 6. The summed E-state index contributed by atoms with van der Waals surface area (Å²) in [6.45, 7) is 5.83. The number of guanidine groups is 1. The zero-order valence-electron chi connectivity index (χ0n) is 17.3. The Labute approximate surface area is 175 Å². The molecule has 2 N–H and O–H groups in total. The van der Waals surface area contributed by atoms with Crippen LogP contribution in [0, 0.1) is 23.0 Å². The maximum Gasteiger partial charge on any atom is 0.306 e. The van der Waals surface area contributed by atoms with Gasteiger partial charge in [-0.05, 0) is 25.0 Å². The van der Waals surface area contributed by atoms with Gasteiger partial charge >= 0.3 is 5.69 Å². The first kappa shape index (κ1) is 21.6. The smallest absolute Gasteiger partial charge is 0.306 e. The van der Waals surface area contributed by atoms with Crippen LogP contribution in [0.1, 0.15) is 17.5 Å². The Morgan fingerprint density at radius 1 is 1.47 bits per heavy atom. The highest BCUT2D eigenvalue weighted by Gasteiger charge is 2.17. The van der Waals surface area contributed by atoms with Crippen molar-refractivity contribution in [3.05, 3.63) is 51.8 Å². The molecule has 0 saturated carbocycles. The van der Waals surface area contributed by atoms with Crippen molar-refractivity contribution in [2.45, 2.75) is 26.4 Å². The number of aryl methyl sites for hydroxylation is 1. The number of rotatable bonds is 9. The third kappa shape index (κ3) is 6.18. The van der Waals surface area contributed by atoms with Crippen molar-refractivity contribution in [2.24, 2.45) is 10.9 Å². The van der Waals surface area contributed by atoms with E-state index in [1.807, 2.05) is 13.0 Å². The largest absolute Gasteiger partial charge is 0.493 e. The van der Waals surface area contributed by atoms with Crippen molar-refractivity contribution < 1.29 is 14.4 Å². The molecule has 10 nitrogen and oxygen atoms in total. The molecule has 1 fully saturated rings. The van der Waals surface area contributed by atoms with Gasteiger partial charge in [-0.25, -0.2) is 0 Å². The Bertz CT molecular complexity index is 876. The fourth-order valence-corrected chi connectivity index (χ4v) is 3.12. The molecule has 1 aliphatic rings. The first-order chi connectivity index (χ1) is 14.5. The normalized spacial score (nSPS) is 16.5. The van der Waals surface area contributed by atoms with E-state index in [2.05, 4.69) is 32.9 Å². The molecule has 0 spiro atoms. The van der Waals surface area contributed by atoms with Crippen LogP contribution in [0.15, 0.2) is 35.6 Å². The van der Waals surface area contributed by atoms with Gasteiger partial charge in [0.25, 0.3) is 0 Å². The molecule has 1 unspecified atom stereocenters. The van der Waals surface area contributed by atoms with Crippen LogP contribution >= 0.6 is 0 Å². The van der Waals surface area contributed by atoms with Gasteiger partial charge in [0.05, 0.1) is 24.7 Å². The highest BCUT2D eigenvalue weighted by atomic mass is 16.6. The Balaban J connectivity index is 1.49. The molecule has 0 radical (unpaired) electrons. The van der Waals surface area contributed by atoms with E-state index < -0.39 is 4.92 Å². The summed E-state index contributed by atoms with van der Waals surface area (Å²) >= 11 is 0. The molecule has 162 valence electrons. The van der Waals surface area contributed by atoms with E-state index in [4.69, 9.17) is 9.47 Å². The third-order valence-corrected chi connectivity index (χ3v) is 4.85. The van der Waals surface area contributed by atoms with Crippen molar-refractivity contribution in [1.29, 1.82) is 0 Å². The van der Waals surface area contributed by atoms with Gasteiger partial charge in [0.15, 0.2) is 5.96 Å². The summed E-state index contributed by atoms with van der Waals surface area (Å²) < 4.78 is 13.0. The third-order valence-electron chi connectivity index (χ3n) is 4.85. The summed E-state index contributed by atoms with van der Waals surface area (Å²) in [6.07, 6.45) is 3.68. The van der Waals surface area contributed by atoms with Gasteiger partial charge in [-0.2, -0.15) is 5.10 Å². The van der Waals surface area contributed by atoms with Crippen LogP contribution in [0.25, 0.3) is 0 Å². The van der Waals surface area contributed by atoms with Crippen molar-refractivity contribution in [3.8, 4) is 5.75 Å². The summed E-state index contributed by atoms with van der Waals surface area (Å²) in [6, 6.07) is 6.16. The van der Waals surface area contributed by atoms with Crippen LogP contribution in [0.2, 0.25) is 0 Å². The molecule has 0 aliphatic carbocycles. The molecule has 1 aromatic carbocycles. The van der Waals surface area contributed by atoms with Gasteiger partial charge in [0.2, 0.25) is 0 Å². The number of nitrogens with one attached hydrogen (secondary N) is 2. The zero-order valence-corrected chi connectivity index (χ0v) is 17.3. The van der Waals surface area contributed by atoms with Gasteiger partial charge < -0.3 is 20.1 Å². The highest BCUT2D eigenvalue weighted by Crippen LogP contribution is 2.22. The summed E-state index contributed by atoms with van der Waals surface area (Å²) in [7, 11) is 1.70. The number of ether oxygens (including phenoxy) is 2. The maximum absolute atomic E-state index is 10.7. The topological polar surface area (TPSA) is 116 Å². The quantitative estimate of drug-likeness (QED) is 0.277. The van der Waals surface area contributed by atoms with Gasteiger partial charge in [-0.15, -0.1) is 0 Å². The molecule has 1 aliphatic heterocycles. The minimum absolute atomic E-state index is 0.0198. The van der Waals surface area contributed by atoms with Crippen LogP contribution in [0.5, 0.6) is 5.75 Å². The molecule has 0 bridgehead atoms. The van der Waals surface area contributed by atoms with E-state index in [1.165, 1.54) is 17.1 Å². The lowest BCUT2D eigenvalue weighted by Gasteiger charge is -2.17. The fraction of sp³-hybridized carbons (Fsp3) is 0.500. The summed E-state index contributed by atoms with van der Waals surface area (Å²) in [5.74, 6) is 1.94. The second-order valence-corrected chi connectivity index (χ2v) is 7.22. The number of nitro groups is 1. The molecule has 1 aromatic heterocycles. The van der Waals surface area contributed by atoms with E-state index >= 15 is 0 Å². The number of aromatic nitrogens is 2. The first-order valence-corrected chi connectivity index (χ1v) is 9.96. The van der Waals surface area contributed by atoms with E-state index in [0.29, 0.717) is 38.1 Å². The van der Waals surface area contributed by atoms with Crippen LogP contribution in [-0.2, 0) is 17.8 Å². The molecular weight excluding hydrogens is 388 g/mol. The Morgan fingerprint density at radius 2 is 2.33 bits per heavy atom.